The molecule has 0 aromatic heterocycles. The number of epoxide rings is 1. The van der Waals surface area contributed by atoms with E-state index >= 15 is 0 Å². The molecule has 0 radical (unpaired) electrons. The first kappa shape index (κ1) is 20.8. The monoisotopic (exact) mass is 394 g/mol. The van der Waals surface area contributed by atoms with Crippen LogP contribution in [-0.4, -0.2) is 50.4 Å². The van der Waals surface area contributed by atoms with Crippen molar-refractivity contribution in [2.45, 2.75) is 82.4 Å². The van der Waals surface area contributed by atoms with Crippen molar-refractivity contribution >= 4 is 14.3 Å². The quantitative estimate of drug-likeness (QED) is 0.259. The molecule has 0 saturated carbocycles. The SMILES string of the molecule is C=C1C(=O)OC2/C=C(/CO[Si](C)(C)C(C)(C)C)CC[C@H]3O[C@@]3(CO)CC[C@@H]12. The second-order valence-corrected chi connectivity index (χ2v) is 14.6. The predicted octanol–water partition coefficient (Wildman–Crippen LogP) is 3.74. The van der Waals surface area contributed by atoms with E-state index in [-0.39, 0.29) is 35.7 Å². The number of esters is 1. The Labute approximate surface area is 163 Å². The second kappa shape index (κ2) is 7.14. The number of ether oxygens (including phenoxy) is 2. The lowest BCUT2D eigenvalue weighted by Crippen LogP contribution is -2.41. The fourth-order valence-corrected chi connectivity index (χ4v) is 4.75. The highest BCUT2D eigenvalue weighted by Crippen LogP contribution is 2.47. The smallest absolute Gasteiger partial charge is 0.334 e. The molecule has 0 amide bonds. The molecule has 0 aromatic carbocycles. The summed E-state index contributed by atoms with van der Waals surface area (Å²) in [4.78, 5) is 12.1. The van der Waals surface area contributed by atoms with E-state index in [1.807, 2.05) is 0 Å². The number of hydrogen-bond donors (Lipinski definition) is 1. The molecule has 0 aromatic rings. The molecule has 1 unspecified atom stereocenters. The lowest BCUT2D eigenvalue weighted by Gasteiger charge is -2.36. The first-order valence-corrected chi connectivity index (χ1v) is 12.9. The molecular formula is C21H34O5Si. The minimum atomic E-state index is -1.87. The van der Waals surface area contributed by atoms with Gasteiger partial charge in [-0.1, -0.05) is 27.4 Å². The molecule has 0 bridgehead atoms. The van der Waals surface area contributed by atoms with Gasteiger partial charge in [-0.2, -0.15) is 0 Å². The third kappa shape index (κ3) is 4.09. The van der Waals surface area contributed by atoms with E-state index in [1.54, 1.807) is 0 Å². The van der Waals surface area contributed by atoms with Gasteiger partial charge in [0.1, 0.15) is 11.7 Å². The van der Waals surface area contributed by atoms with Gasteiger partial charge in [-0.3, -0.25) is 0 Å². The summed E-state index contributed by atoms with van der Waals surface area (Å²) in [5.41, 5.74) is 1.24. The minimum Gasteiger partial charge on any atom is -0.454 e. The van der Waals surface area contributed by atoms with Gasteiger partial charge in [0.15, 0.2) is 8.32 Å². The number of rotatable bonds is 4. The molecule has 1 aliphatic carbocycles. The van der Waals surface area contributed by atoms with Crippen molar-refractivity contribution in [1.82, 2.24) is 0 Å². The molecular weight excluding hydrogens is 360 g/mol. The van der Waals surface area contributed by atoms with E-state index < -0.39 is 13.9 Å². The van der Waals surface area contributed by atoms with E-state index in [9.17, 15) is 9.90 Å². The Morgan fingerprint density at radius 1 is 1.37 bits per heavy atom. The van der Waals surface area contributed by atoms with Crippen LogP contribution in [0.25, 0.3) is 0 Å². The Bertz CT molecular complexity index is 647. The average molecular weight is 395 g/mol. The van der Waals surface area contributed by atoms with Crippen molar-refractivity contribution < 1.29 is 23.8 Å². The van der Waals surface area contributed by atoms with Gasteiger partial charge in [-0.25, -0.2) is 4.79 Å². The summed E-state index contributed by atoms with van der Waals surface area (Å²) in [5.74, 6) is -0.358. The summed E-state index contributed by atoms with van der Waals surface area (Å²) in [6.45, 7) is 15.7. The maximum Gasteiger partial charge on any atom is 0.334 e. The Morgan fingerprint density at radius 2 is 2.07 bits per heavy atom. The maximum atomic E-state index is 12.1. The largest absolute Gasteiger partial charge is 0.454 e. The van der Waals surface area contributed by atoms with Crippen LogP contribution in [0.5, 0.6) is 0 Å². The third-order valence-corrected chi connectivity index (χ3v) is 11.4. The van der Waals surface area contributed by atoms with Crippen LogP contribution in [-0.2, 0) is 18.7 Å². The summed E-state index contributed by atoms with van der Waals surface area (Å²) in [7, 11) is -1.87. The normalized spacial score (nSPS) is 36.4. The molecule has 1 N–H and O–H groups in total. The van der Waals surface area contributed by atoms with Gasteiger partial charge in [-0.05, 0) is 55.5 Å². The number of fused-ring (bicyclic) bond motifs is 2. The van der Waals surface area contributed by atoms with E-state index in [0.29, 0.717) is 12.2 Å². The van der Waals surface area contributed by atoms with Gasteiger partial charge < -0.3 is 19.0 Å². The predicted molar refractivity (Wildman–Crippen MR) is 107 cm³/mol. The number of carbonyl (C=O) groups excluding carboxylic acids is 1. The summed E-state index contributed by atoms with van der Waals surface area (Å²) < 4.78 is 17.9. The highest BCUT2D eigenvalue weighted by Gasteiger charge is 2.56. The molecule has 2 saturated heterocycles. The highest BCUT2D eigenvalue weighted by atomic mass is 28.4. The van der Waals surface area contributed by atoms with Gasteiger partial charge in [0, 0.05) is 11.5 Å². The molecule has 6 heteroatoms. The Kier molecular flexibility index (Phi) is 5.49. The lowest BCUT2D eigenvalue weighted by atomic mass is 9.84. The van der Waals surface area contributed by atoms with Crippen molar-refractivity contribution in [3.05, 3.63) is 23.8 Å². The van der Waals surface area contributed by atoms with Crippen LogP contribution in [0.1, 0.15) is 46.5 Å². The number of hydrogen-bond acceptors (Lipinski definition) is 5. The Hall–Kier alpha value is -0.953. The van der Waals surface area contributed by atoms with Crippen molar-refractivity contribution in [2.75, 3.05) is 13.2 Å². The van der Waals surface area contributed by atoms with Crippen LogP contribution in [0.15, 0.2) is 23.8 Å². The van der Waals surface area contributed by atoms with Crippen LogP contribution >= 0.6 is 0 Å². The molecule has 2 fully saturated rings. The molecule has 0 spiro atoms. The van der Waals surface area contributed by atoms with Crippen LogP contribution in [0.3, 0.4) is 0 Å². The van der Waals surface area contributed by atoms with Crippen LogP contribution < -0.4 is 0 Å². The van der Waals surface area contributed by atoms with E-state index in [4.69, 9.17) is 13.9 Å². The molecule has 2 aliphatic heterocycles. The van der Waals surface area contributed by atoms with E-state index in [0.717, 1.165) is 31.3 Å². The van der Waals surface area contributed by atoms with E-state index in [1.165, 1.54) is 0 Å². The van der Waals surface area contributed by atoms with Crippen molar-refractivity contribution in [3.8, 4) is 0 Å². The highest BCUT2D eigenvalue weighted by molar-refractivity contribution is 6.74. The average Bonchev–Trinajstić information content (AvgIpc) is 3.22. The first-order chi connectivity index (χ1) is 12.5. The van der Waals surface area contributed by atoms with Gasteiger partial charge in [0.2, 0.25) is 0 Å². The molecule has 2 heterocycles. The Balaban J connectivity index is 1.80. The zero-order chi connectivity index (χ0) is 20.0. The third-order valence-electron chi connectivity index (χ3n) is 6.95. The molecule has 5 nitrogen and oxygen atoms in total. The lowest BCUT2D eigenvalue weighted by molar-refractivity contribution is -0.137. The van der Waals surface area contributed by atoms with E-state index in [2.05, 4.69) is 46.5 Å². The minimum absolute atomic E-state index is 0.0237. The summed E-state index contributed by atoms with van der Waals surface area (Å²) >= 11 is 0. The number of aliphatic hydroxyl groups excluding tert-OH is 1. The number of carbonyl (C=O) groups is 1. The van der Waals surface area contributed by atoms with Gasteiger partial charge in [-0.15, -0.1) is 0 Å². The van der Waals surface area contributed by atoms with Crippen LogP contribution in [0, 0.1) is 5.92 Å². The molecule has 3 rings (SSSR count). The fraction of sp³-hybridized carbons (Fsp3) is 0.762. The number of aliphatic hydroxyl groups is 1. The summed E-state index contributed by atoms with van der Waals surface area (Å²) in [6, 6.07) is 0. The van der Waals surface area contributed by atoms with Crippen LogP contribution in [0.4, 0.5) is 0 Å². The molecule has 4 atom stereocenters. The molecule has 152 valence electrons. The fourth-order valence-electron chi connectivity index (χ4n) is 3.77. The first-order valence-electron chi connectivity index (χ1n) is 10.0. The van der Waals surface area contributed by atoms with Gasteiger partial charge in [0.05, 0.1) is 19.3 Å². The van der Waals surface area contributed by atoms with Gasteiger partial charge in [0.25, 0.3) is 0 Å². The molecule has 27 heavy (non-hydrogen) atoms. The zero-order valence-corrected chi connectivity index (χ0v) is 18.3. The van der Waals surface area contributed by atoms with Crippen molar-refractivity contribution in [1.29, 1.82) is 0 Å². The van der Waals surface area contributed by atoms with Gasteiger partial charge >= 0.3 is 5.97 Å². The second-order valence-electron chi connectivity index (χ2n) is 9.78. The summed E-state index contributed by atoms with van der Waals surface area (Å²) in [5, 5.41) is 9.96. The standard InChI is InChI=1S/C21H34O5Si/c1-14-16-9-10-21(13-22)18(26-21)8-7-15(11-17(16)25-19(14)23)12-24-27(5,6)20(2,3)4/h11,16-18,22H,1,7-10,12-13H2,2-6H3/b15-11+/t16-,17?,18+,21+/m0/s1. The Morgan fingerprint density at radius 3 is 2.70 bits per heavy atom. The van der Waals surface area contributed by atoms with Crippen molar-refractivity contribution in [2.24, 2.45) is 5.92 Å². The summed E-state index contributed by atoms with van der Waals surface area (Å²) in [6.07, 6.45) is 5.04. The topological polar surface area (TPSA) is 68.3 Å². The maximum absolute atomic E-state index is 12.1. The zero-order valence-electron chi connectivity index (χ0n) is 17.3. The van der Waals surface area contributed by atoms with Crippen LogP contribution in [0.2, 0.25) is 18.1 Å². The van der Waals surface area contributed by atoms with Crippen molar-refractivity contribution in [3.63, 3.8) is 0 Å². The molecule has 3 aliphatic rings.